The predicted octanol–water partition coefficient (Wildman–Crippen LogP) is 7.45. The summed E-state index contributed by atoms with van der Waals surface area (Å²) in [5, 5.41) is 4.84. The van der Waals surface area contributed by atoms with Gasteiger partial charge in [0.05, 0.1) is 5.52 Å². The van der Waals surface area contributed by atoms with Crippen molar-refractivity contribution in [3.05, 3.63) is 90.3 Å². The van der Waals surface area contributed by atoms with Gasteiger partial charge in [-0.15, -0.1) is 0 Å². The Morgan fingerprint density at radius 1 is 0.769 bits per heavy atom. The molecule has 0 radical (unpaired) electrons. The first-order chi connectivity index (χ1) is 19.1. The number of hydrogen-bond donors (Lipinski definition) is 1. The van der Waals surface area contributed by atoms with Gasteiger partial charge in [0.1, 0.15) is 23.1 Å². The zero-order valence-electron chi connectivity index (χ0n) is 23.5. The first kappa shape index (κ1) is 27.1. The minimum atomic E-state index is 0.814. The molecule has 1 aromatic heterocycles. The van der Waals surface area contributed by atoms with Gasteiger partial charge in [-0.25, -0.2) is 9.97 Å². The summed E-state index contributed by atoms with van der Waals surface area (Å²) in [6.07, 6.45) is 9.89. The Morgan fingerprint density at radius 3 is 2.23 bits per heavy atom. The number of rotatable bonds is 12. The molecular weight excluding hydrogens is 480 g/mol. The summed E-state index contributed by atoms with van der Waals surface area (Å²) in [6, 6.07) is 26.8. The van der Waals surface area contributed by atoms with Gasteiger partial charge in [-0.2, -0.15) is 0 Å². The second kappa shape index (κ2) is 13.6. The van der Waals surface area contributed by atoms with Crippen LogP contribution in [0.2, 0.25) is 0 Å². The van der Waals surface area contributed by atoms with E-state index in [-0.39, 0.29) is 0 Å². The molecular formula is C34H42N4O. The van der Waals surface area contributed by atoms with Crippen LogP contribution < -0.4 is 15.0 Å². The molecule has 0 unspecified atom stereocenters. The second-order valence-electron chi connectivity index (χ2n) is 11.2. The topological polar surface area (TPSA) is 50.3 Å². The lowest BCUT2D eigenvalue weighted by molar-refractivity contribution is 0.254. The molecule has 204 valence electrons. The number of para-hydroxylation sites is 2. The van der Waals surface area contributed by atoms with E-state index in [0.717, 1.165) is 71.8 Å². The van der Waals surface area contributed by atoms with Crippen molar-refractivity contribution in [2.24, 2.45) is 11.8 Å². The molecule has 5 nitrogen and oxygen atoms in total. The fourth-order valence-corrected chi connectivity index (χ4v) is 5.72. The fourth-order valence-electron chi connectivity index (χ4n) is 5.72. The van der Waals surface area contributed by atoms with Gasteiger partial charge in [-0.05, 0) is 92.6 Å². The van der Waals surface area contributed by atoms with Crippen molar-refractivity contribution in [3.8, 4) is 11.5 Å². The van der Waals surface area contributed by atoms with Crippen LogP contribution in [0.5, 0.6) is 11.5 Å². The minimum Gasteiger partial charge on any atom is -0.457 e. The molecule has 1 N–H and O–H groups in total. The highest BCUT2D eigenvalue weighted by Gasteiger charge is 2.21. The van der Waals surface area contributed by atoms with Crippen molar-refractivity contribution in [1.29, 1.82) is 0 Å². The van der Waals surface area contributed by atoms with Crippen molar-refractivity contribution in [3.63, 3.8) is 0 Å². The maximum Gasteiger partial charge on any atom is 0.139 e. The highest BCUT2D eigenvalue weighted by Crippen LogP contribution is 2.32. The van der Waals surface area contributed by atoms with Crippen molar-refractivity contribution in [2.45, 2.75) is 51.4 Å². The highest BCUT2D eigenvalue weighted by molar-refractivity contribution is 5.89. The molecule has 5 rings (SSSR count). The second-order valence-corrected chi connectivity index (χ2v) is 11.2. The van der Waals surface area contributed by atoms with Crippen LogP contribution in [0.4, 0.5) is 5.82 Å². The molecule has 0 bridgehead atoms. The van der Waals surface area contributed by atoms with Crippen LogP contribution in [0.1, 0.15) is 49.9 Å². The number of benzene rings is 3. The van der Waals surface area contributed by atoms with E-state index in [1.807, 2.05) is 30.3 Å². The molecule has 1 heterocycles. The smallest absolute Gasteiger partial charge is 0.139 e. The highest BCUT2D eigenvalue weighted by atomic mass is 16.5. The van der Waals surface area contributed by atoms with Crippen LogP contribution >= 0.6 is 0 Å². The molecule has 3 aromatic carbocycles. The summed E-state index contributed by atoms with van der Waals surface area (Å²) in [7, 11) is 4.12. The van der Waals surface area contributed by atoms with E-state index in [0.29, 0.717) is 0 Å². The van der Waals surface area contributed by atoms with E-state index in [1.54, 1.807) is 0 Å². The fraction of sp³-hybridized carbons (Fsp3) is 0.412. The van der Waals surface area contributed by atoms with Crippen LogP contribution in [0, 0.1) is 11.8 Å². The van der Waals surface area contributed by atoms with E-state index in [9.17, 15) is 0 Å². The SMILES string of the molecule is CN(C)c1nc(CCCC2CCC(CNCCc3ccc(Oc4ccccc4)cc3)CC2)nc2ccccc12. The standard InChI is InChI=1S/C34H42N4O/c1-38(2)34-31-12-6-7-13-32(31)36-33(37-34)14-8-9-26-15-17-28(18-16-26)25-35-24-23-27-19-21-30(22-20-27)39-29-10-4-3-5-11-29/h3-7,10-13,19-22,26,28,35H,8-9,14-18,23-25H2,1-2H3. The summed E-state index contributed by atoms with van der Waals surface area (Å²) in [6.45, 7) is 2.17. The zero-order valence-corrected chi connectivity index (χ0v) is 23.5. The lowest BCUT2D eigenvalue weighted by atomic mass is 9.80. The number of nitrogens with one attached hydrogen (secondary N) is 1. The van der Waals surface area contributed by atoms with E-state index in [2.05, 4.69) is 72.8 Å². The Hall–Kier alpha value is -3.44. The van der Waals surface area contributed by atoms with Crippen molar-refractivity contribution in [2.75, 3.05) is 32.1 Å². The number of anilines is 1. The van der Waals surface area contributed by atoms with E-state index >= 15 is 0 Å². The molecule has 0 aliphatic heterocycles. The molecule has 0 saturated heterocycles. The van der Waals surface area contributed by atoms with Gasteiger partial charge in [0, 0.05) is 25.9 Å². The Balaban J connectivity index is 0.973. The number of fused-ring (bicyclic) bond motifs is 1. The molecule has 1 fully saturated rings. The quantitative estimate of drug-likeness (QED) is 0.196. The van der Waals surface area contributed by atoms with Gasteiger partial charge in [-0.1, -0.05) is 61.7 Å². The normalized spacial score (nSPS) is 17.3. The third-order valence-corrected chi connectivity index (χ3v) is 7.96. The monoisotopic (exact) mass is 522 g/mol. The molecule has 1 saturated carbocycles. The van der Waals surface area contributed by atoms with E-state index in [4.69, 9.17) is 14.7 Å². The number of aryl methyl sites for hydroxylation is 1. The summed E-state index contributed by atoms with van der Waals surface area (Å²) < 4.78 is 5.90. The molecule has 1 aliphatic rings. The predicted molar refractivity (Wildman–Crippen MR) is 162 cm³/mol. The zero-order chi connectivity index (χ0) is 26.9. The first-order valence-corrected chi connectivity index (χ1v) is 14.6. The van der Waals surface area contributed by atoms with Gasteiger partial charge >= 0.3 is 0 Å². The van der Waals surface area contributed by atoms with Crippen molar-refractivity contribution < 1.29 is 4.74 Å². The number of hydrogen-bond acceptors (Lipinski definition) is 5. The van der Waals surface area contributed by atoms with Crippen molar-refractivity contribution in [1.82, 2.24) is 15.3 Å². The van der Waals surface area contributed by atoms with Crippen LogP contribution in [-0.4, -0.2) is 37.2 Å². The average molecular weight is 523 g/mol. The number of nitrogens with zero attached hydrogens (tertiary/aromatic N) is 3. The molecule has 4 aromatic rings. The Bertz CT molecular complexity index is 1300. The Kier molecular flexibility index (Phi) is 9.44. The Labute approximate surface area is 233 Å². The largest absolute Gasteiger partial charge is 0.457 e. The van der Waals surface area contributed by atoms with Crippen LogP contribution in [0.15, 0.2) is 78.9 Å². The molecule has 1 aliphatic carbocycles. The molecule has 0 spiro atoms. The maximum atomic E-state index is 5.90. The van der Waals surface area contributed by atoms with E-state index < -0.39 is 0 Å². The van der Waals surface area contributed by atoms with Gasteiger partial charge in [0.25, 0.3) is 0 Å². The lowest BCUT2D eigenvalue weighted by Crippen LogP contribution is -2.28. The van der Waals surface area contributed by atoms with Gasteiger partial charge in [0.15, 0.2) is 0 Å². The number of aromatic nitrogens is 2. The molecule has 39 heavy (non-hydrogen) atoms. The van der Waals surface area contributed by atoms with Crippen LogP contribution in [0.25, 0.3) is 10.9 Å². The van der Waals surface area contributed by atoms with Crippen molar-refractivity contribution >= 4 is 16.7 Å². The molecule has 0 atom stereocenters. The summed E-state index contributed by atoms with van der Waals surface area (Å²) in [4.78, 5) is 11.8. The number of ether oxygens (including phenoxy) is 1. The molecule has 5 heteroatoms. The summed E-state index contributed by atoms with van der Waals surface area (Å²) in [5.74, 6) is 5.43. The lowest BCUT2D eigenvalue weighted by Gasteiger charge is -2.28. The Morgan fingerprint density at radius 2 is 1.46 bits per heavy atom. The maximum absolute atomic E-state index is 5.90. The van der Waals surface area contributed by atoms with Crippen LogP contribution in [-0.2, 0) is 12.8 Å². The van der Waals surface area contributed by atoms with Gasteiger partial charge < -0.3 is 15.0 Å². The average Bonchev–Trinajstić information content (AvgIpc) is 2.97. The first-order valence-electron chi connectivity index (χ1n) is 14.6. The van der Waals surface area contributed by atoms with Gasteiger partial charge in [0.2, 0.25) is 0 Å². The third-order valence-electron chi connectivity index (χ3n) is 7.96. The molecule has 0 amide bonds. The van der Waals surface area contributed by atoms with E-state index in [1.165, 1.54) is 44.1 Å². The third kappa shape index (κ3) is 7.79. The summed E-state index contributed by atoms with van der Waals surface area (Å²) in [5.41, 5.74) is 2.40. The minimum absolute atomic E-state index is 0.814. The van der Waals surface area contributed by atoms with Gasteiger partial charge in [-0.3, -0.25) is 0 Å². The van der Waals surface area contributed by atoms with Crippen LogP contribution in [0.3, 0.4) is 0 Å². The summed E-state index contributed by atoms with van der Waals surface area (Å²) >= 11 is 0.